The summed E-state index contributed by atoms with van der Waals surface area (Å²) in [6, 6.07) is 3.19. The zero-order chi connectivity index (χ0) is 11.4. The molecule has 0 unspecified atom stereocenters. The van der Waals surface area contributed by atoms with Gasteiger partial charge in [-0.25, -0.2) is 0 Å². The number of nitrogen functional groups attached to an aromatic ring is 1. The molecule has 4 N–H and O–H groups in total. The number of carbonyl (C=O) groups is 1. The van der Waals surface area contributed by atoms with Crippen LogP contribution in [0.2, 0.25) is 5.02 Å². The lowest BCUT2D eigenvalue weighted by molar-refractivity contribution is -0.113. The fourth-order valence-electron chi connectivity index (χ4n) is 1.06. The van der Waals surface area contributed by atoms with Crippen LogP contribution in [0.15, 0.2) is 18.2 Å². The Bertz CT molecular complexity index is 416. The smallest absolute Gasteiger partial charge is 0.241 e. The molecule has 0 radical (unpaired) electrons. The van der Waals surface area contributed by atoms with Crippen LogP contribution in [0.5, 0.6) is 5.75 Å². The van der Waals surface area contributed by atoms with Gasteiger partial charge < -0.3 is 16.2 Å². The van der Waals surface area contributed by atoms with Gasteiger partial charge in [-0.05, 0) is 23.8 Å². The fraction of sp³-hybridized carbons (Fsp3) is 0.100. The van der Waals surface area contributed by atoms with E-state index in [0.29, 0.717) is 22.0 Å². The molecule has 1 amide bonds. The zero-order valence-corrected chi connectivity index (χ0v) is 8.91. The average Bonchev–Trinajstić information content (AvgIpc) is 2.16. The van der Waals surface area contributed by atoms with Gasteiger partial charge in [-0.3, -0.25) is 4.79 Å². The summed E-state index contributed by atoms with van der Waals surface area (Å²) in [6.07, 6.45) is 2.73. The maximum Gasteiger partial charge on any atom is 0.241 e. The molecule has 0 aliphatic carbocycles. The molecule has 0 aliphatic rings. The van der Waals surface area contributed by atoms with E-state index >= 15 is 0 Å². The summed E-state index contributed by atoms with van der Waals surface area (Å²) in [6.45, 7) is 0. The highest BCUT2D eigenvalue weighted by Gasteiger charge is 2.04. The van der Waals surface area contributed by atoms with Crippen molar-refractivity contribution in [1.29, 1.82) is 0 Å². The Balaban J connectivity index is 3.13. The third-order valence-electron chi connectivity index (χ3n) is 1.78. The van der Waals surface area contributed by atoms with Crippen LogP contribution in [0.3, 0.4) is 0 Å². The number of hydrogen-bond acceptors (Lipinski definition) is 3. The standard InChI is InChI=1S/C10H11ClN2O2/c1-15-9-4-6(2-3-10(13)14)7(11)5-8(9)12/h2-5H,12H2,1H3,(H2,13,14). The molecule has 1 rings (SSSR count). The predicted molar refractivity (Wildman–Crippen MR) is 60.6 cm³/mol. The topological polar surface area (TPSA) is 78.3 Å². The van der Waals surface area contributed by atoms with Crippen LogP contribution < -0.4 is 16.2 Å². The highest BCUT2D eigenvalue weighted by Crippen LogP contribution is 2.29. The van der Waals surface area contributed by atoms with Gasteiger partial charge in [0.2, 0.25) is 5.91 Å². The summed E-state index contributed by atoms with van der Waals surface area (Å²) < 4.78 is 5.01. The molecule has 0 aromatic heterocycles. The Labute approximate surface area is 92.5 Å². The number of carbonyl (C=O) groups excluding carboxylic acids is 1. The number of ether oxygens (including phenoxy) is 1. The number of nitrogens with two attached hydrogens (primary N) is 2. The second kappa shape index (κ2) is 4.70. The van der Waals surface area contributed by atoms with Crippen LogP contribution in [-0.4, -0.2) is 13.0 Å². The third kappa shape index (κ3) is 2.89. The molecule has 15 heavy (non-hydrogen) atoms. The second-order valence-corrected chi connectivity index (χ2v) is 3.26. The molecule has 80 valence electrons. The molecule has 0 saturated carbocycles. The molecule has 0 aliphatic heterocycles. The van der Waals surface area contributed by atoms with E-state index in [2.05, 4.69) is 0 Å². The molecular formula is C10H11ClN2O2. The third-order valence-corrected chi connectivity index (χ3v) is 2.10. The van der Waals surface area contributed by atoms with Crippen molar-refractivity contribution in [3.63, 3.8) is 0 Å². The molecule has 4 nitrogen and oxygen atoms in total. The molecule has 0 saturated heterocycles. The van der Waals surface area contributed by atoms with E-state index in [1.807, 2.05) is 0 Å². The first kappa shape index (κ1) is 11.4. The molecule has 5 heteroatoms. The monoisotopic (exact) mass is 226 g/mol. The van der Waals surface area contributed by atoms with Gasteiger partial charge in [-0.15, -0.1) is 0 Å². The first-order valence-electron chi connectivity index (χ1n) is 4.15. The van der Waals surface area contributed by atoms with E-state index in [9.17, 15) is 4.79 Å². The van der Waals surface area contributed by atoms with E-state index in [-0.39, 0.29) is 0 Å². The van der Waals surface area contributed by atoms with Crippen molar-refractivity contribution in [1.82, 2.24) is 0 Å². The summed E-state index contributed by atoms with van der Waals surface area (Å²) in [5.41, 5.74) is 11.7. The van der Waals surface area contributed by atoms with Crippen LogP contribution in [-0.2, 0) is 4.79 Å². The quantitative estimate of drug-likeness (QED) is 0.605. The zero-order valence-electron chi connectivity index (χ0n) is 8.16. The van der Waals surface area contributed by atoms with Crippen LogP contribution in [0.1, 0.15) is 5.56 Å². The molecule has 0 atom stereocenters. The largest absolute Gasteiger partial charge is 0.495 e. The second-order valence-electron chi connectivity index (χ2n) is 2.85. The Kier molecular flexibility index (Phi) is 3.57. The molecular weight excluding hydrogens is 216 g/mol. The lowest BCUT2D eigenvalue weighted by atomic mass is 10.1. The number of hydrogen-bond donors (Lipinski definition) is 2. The minimum absolute atomic E-state index is 0.436. The maximum absolute atomic E-state index is 10.5. The van der Waals surface area contributed by atoms with Gasteiger partial charge in [-0.1, -0.05) is 11.6 Å². The predicted octanol–water partition coefficient (Wildman–Crippen LogP) is 1.43. The number of amides is 1. The maximum atomic E-state index is 10.5. The number of anilines is 1. The van der Waals surface area contributed by atoms with Crippen molar-refractivity contribution in [3.05, 3.63) is 28.8 Å². The van der Waals surface area contributed by atoms with Gasteiger partial charge in [0.1, 0.15) is 5.75 Å². The lowest BCUT2D eigenvalue weighted by Gasteiger charge is -2.06. The van der Waals surface area contributed by atoms with Crippen LogP contribution in [0, 0.1) is 0 Å². The molecule has 0 bridgehead atoms. The molecule has 1 aromatic carbocycles. The van der Waals surface area contributed by atoms with Gasteiger partial charge in [0.05, 0.1) is 17.8 Å². The van der Waals surface area contributed by atoms with Crippen LogP contribution >= 0.6 is 11.6 Å². The number of benzene rings is 1. The average molecular weight is 227 g/mol. The Morgan fingerprint density at radius 3 is 2.73 bits per heavy atom. The SMILES string of the molecule is COc1cc(C=CC(N)=O)c(Cl)cc1N. The minimum Gasteiger partial charge on any atom is -0.495 e. The molecule has 0 spiro atoms. The van der Waals surface area contributed by atoms with Gasteiger partial charge in [0.25, 0.3) is 0 Å². The minimum atomic E-state index is -0.540. The number of primary amides is 1. The molecule has 0 fully saturated rings. The summed E-state index contributed by atoms with van der Waals surface area (Å²) in [4.78, 5) is 10.5. The number of methoxy groups -OCH3 is 1. The van der Waals surface area contributed by atoms with Gasteiger partial charge in [-0.2, -0.15) is 0 Å². The van der Waals surface area contributed by atoms with Crippen molar-refractivity contribution in [2.45, 2.75) is 0 Å². The van der Waals surface area contributed by atoms with Gasteiger partial charge >= 0.3 is 0 Å². The van der Waals surface area contributed by atoms with Crippen LogP contribution in [0.25, 0.3) is 6.08 Å². The lowest BCUT2D eigenvalue weighted by Crippen LogP contribution is -2.05. The summed E-state index contributed by atoms with van der Waals surface area (Å²) in [5.74, 6) is -0.0367. The summed E-state index contributed by atoms with van der Waals surface area (Å²) in [5, 5.41) is 0.436. The van der Waals surface area contributed by atoms with Gasteiger partial charge in [0, 0.05) is 6.08 Å². The van der Waals surface area contributed by atoms with Gasteiger partial charge in [0.15, 0.2) is 0 Å². The van der Waals surface area contributed by atoms with E-state index in [1.165, 1.54) is 19.3 Å². The van der Waals surface area contributed by atoms with Crippen molar-refractivity contribution >= 4 is 29.3 Å². The Morgan fingerprint density at radius 1 is 1.53 bits per heavy atom. The van der Waals surface area contributed by atoms with E-state index in [1.54, 1.807) is 12.1 Å². The first-order chi connectivity index (χ1) is 7.04. The van der Waals surface area contributed by atoms with Crippen LogP contribution in [0.4, 0.5) is 5.69 Å². The summed E-state index contributed by atoms with van der Waals surface area (Å²) >= 11 is 5.90. The van der Waals surface area contributed by atoms with Crippen molar-refractivity contribution in [3.8, 4) is 5.75 Å². The highest BCUT2D eigenvalue weighted by atomic mass is 35.5. The van der Waals surface area contributed by atoms with Crippen molar-refractivity contribution in [2.75, 3.05) is 12.8 Å². The molecule has 0 heterocycles. The fourth-order valence-corrected chi connectivity index (χ4v) is 1.30. The normalized spacial score (nSPS) is 10.5. The number of rotatable bonds is 3. The van der Waals surface area contributed by atoms with E-state index in [0.717, 1.165) is 0 Å². The molecule has 1 aromatic rings. The first-order valence-corrected chi connectivity index (χ1v) is 4.53. The Hall–Kier alpha value is -1.68. The van der Waals surface area contributed by atoms with E-state index in [4.69, 9.17) is 27.8 Å². The van der Waals surface area contributed by atoms with Crippen molar-refractivity contribution < 1.29 is 9.53 Å². The van der Waals surface area contributed by atoms with E-state index < -0.39 is 5.91 Å². The Morgan fingerprint density at radius 2 is 2.20 bits per heavy atom. The number of halogens is 1. The summed E-state index contributed by atoms with van der Waals surface area (Å²) in [7, 11) is 1.50. The van der Waals surface area contributed by atoms with Crippen molar-refractivity contribution in [2.24, 2.45) is 5.73 Å². The highest BCUT2D eigenvalue weighted by molar-refractivity contribution is 6.32.